The smallest absolute Gasteiger partial charge is 0.226 e. The van der Waals surface area contributed by atoms with Gasteiger partial charge >= 0.3 is 0 Å². The molecule has 1 amide bonds. The molecule has 0 bridgehead atoms. The Morgan fingerprint density at radius 2 is 1.74 bits per heavy atom. The molecule has 0 radical (unpaired) electrons. The molecule has 1 aromatic heterocycles. The molecule has 4 rings (SSSR count). The zero-order chi connectivity index (χ0) is 21.5. The molecule has 0 unspecified atom stereocenters. The summed E-state index contributed by atoms with van der Waals surface area (Å²) in [6.45, 7) is 5.83. The van der Waals surface area contributed by atoms with Crippen molar-refractivity contribution >= 4 is 11.6 Å². The molecule has 0 aliphatic carbocycles. The summed E-state index contributed by atoms with van der Waals surface area (Å²) in [6, 6.07) is 19.2. The largest absolute Gasteiger partial charge is 0.309 e. The Labute approximate surface area is 184 Å². The van der Waals surface area contributed by atoms with Crippen LogP contribution in [0.2, 0.25) is 0 Å². The van der Waals surface area contributed by atoms with Crippen molar-refractivity contribution in [2.24, 2.45) is 0 Å². The number of carbonyl (C=O) groups excluding carboxylic acids is 1. The van der Waals surface area contributed by atoms with Gasteiger partial charge in [0.25, 0.3) is 0 Å². The van der Waals surface area contributed by atoms with Gasteiger partial charge in [-0.05, 0) is 42.5 Å². The molecule has 6 heteroatoms. The number of piperidine rings is 1. The Kier molecular flexibility index (Phi) is 7.10. The van der Waals surface area contributed by atoms with Crippen LogP contribution in [-0.4, -0.2) is 51.5 Å². The van der Waals surface area contributed by atoms with Crippen molar-refractivity contribution in [3.05, 3.63) is 78.1 Å². The molecule has 2 heterocycles. The molecule has 0 saturated carbocycles. The Morgan fingerprint density at radius 3 is 2.39 bits per heavy atom. The predicted molar refractivity (Wildman–Crippen MR) is 123 cm³/mol. The third-order valence-electron chi connectivity index (χ3n) is 6.08. The fraction of sp³-hybridized carbons (Fsp3) is 0.400. The summed E-state index contributed by atoms with van der Waals surface area (Å²) in [4.78, 5) is 17.2. The molecule has 1 aliphatic heterocycles. The van der Waals surface area contributed by atoms with Crippen LogP contribution < -0.4 is 4.90 Å². The summed E-state index contributed by atoms with van der Waals surface area (Å²) in [6.07, 6.45) is 7.22. The number of hydrogen-bond donors (Lipinski definition) is 0. The summed E-state index contributed by atoms with van der Waals surface area (Å²) < 4.78 is 1.83. The third kappa shape index (κ3) is 5.58. The molecular formula is C25H31N5O. The highest BCUT2D eigenvalue weighted by Crippen LogP contribution is 2.24. The number of benzene rings is 2. The number of carbonyl (C=O) groups is 1. The minimum atomic E-state index is 0.218. The van der Waals surface area contributed by atoms with Crippen LogP contribution in [0.3, 0.4) is 0 Å². The van der Waals surface area contributed by atoms with Gasteiger partial charge in [0.05, 0.1) is 12.7 Å². The zero-order valence-electron chi connectivity index (χ0n) is 18.2. The molecule has 0 spiro atoms. The van der Waals surface area contributed by atoms with Gasteiger partial charge in [-0.2, -0.15) is 0 Å². The molecule has 6 nitrogen and oxygen atoms in total. The van der Waals surface area contributed by atoms with Gasteiger partial charge in [0.15, 0.2) is 0 Å². The van der Waals surface area contributed by atoms with Gasteiger partial charge in [-0.25, -0.2) is 4.68 Å². The lowest BCUT2D eigenvalue weighted by atomic mass is 10.0. The van der Waals surface area contributed by atoms with Crippen LogP contribution in [0.1, 0.15) is 37.3 Å². The Balaban J connectivity index is 1.27. The molecule has 2 aromatic carbocycles. The fourth-order valence-corrected chi connectivity index (χ4v) is 4.32. The van der Waals surface area contributed by atoms with Gasteiger partial charge in [0.2, 0.25) is 5.91 Å². The lowest BCUT2D eigenvalue weighted by Crippen LogP contribution is -2.47. The average molecular weight is 418 g/mol. The normalized spacial score (nSPS) is 15.1. The van der Waals surface area contributed by atoms with E-state index in [1.807, 2.05) is 53.0 Å². The highest BCUT2D eigenvalue weighted by atomic mass is 16.2. The average Bonchev–Trinajstić information content (AvgIpc) is 3.33. The first-order valence-electron chi connectivity index (χ1n) is 11.2. The second-order valence-corrected chi connectivity index (χ2v) is 8.19. The van der Waals surface area contributed by atoms with Crippen molar-refractivity contribution in [3.8, 4) is 0 Å². The van der Waals surface area contributed by atoms with E-state index in [1.54, 1.807) is 6.20 Å². The fourth-order valence-electron chi connectivity index (χ4n) is 4.32. The van der Waals surface area contributed by atoms with E-state index >= 15 is 0 Å². The van der Waals surface area contributed by atoms with E-state index in [9.17, 15) is 4.79 Å². The summed E-state index contributed by atoms with van der Waals surface area (Å²) in [5, 5.41) is 7.87. The molecular weight excluding hydrogens is 386 g/mol. The highest BCUT2D eigenvalue weighted by Gasteiger charge is 2.28. The van der Waals surface area contributed by atoms with E-state index in [1.165, 1.54) is 11.1 Å². The molecule has 0 atom stereocenters. The van der Waals surface area contributed by atoms with Gasteiger partial charge in [0.1, 0.15) is 0 Å². The summed E-state index contributed by atoms with van der Waals surface area (Å²) >= 11 is 0. The highest BCUT2D eigenvalue weighted by molar-refractivity contribution is 5.93. The number of hydrogen-bond acceptors (Lipinski definition) is 4. The van der Waals surface area contributed by atoms with Crippen LogP contribution in [0.15, 0.2) is 67.0 Å². The maximum absolute atomic E-state index is 12.6. The van der Waals surface area contributed by atoms with Gasteiger partial charge < -0.3 is 9.80 Å². The SMILES string of the molecule is CCC(=O)N(c1ccccc1)C1CCN(CCc2ccc(Cn3ccnn3)cc2)CC1. The molecule has 1 aliphatic rings. The van der Waals surface area contributed by atoms with E-state index in [2.05, 4.69) is 39.5 Å². The first kappa shape index (κ1) is 21.2. The number of amides is 1. The monoisotopic (exact) mass is 417 g/mol. The van der Waals surface area contributed by atoms with Crippen molar-refractivity contribution in [3.63, 3.8) is 0 Å². The maximum Gasteiger partial charge on any atom is 0.226 e. The van der Waals surface area contributed by atoms with Crippen molar-refractivity contribution in [1.82, 2.24) is 19.9 Å². The van der Waals surface area contributed by atoms with E-state index in [-0.39, 0.29) is 5.91 Å². The topological polar surface area (TPSA) is 54.3 Å². The van der Waals surface area contributed by atoms with E-state index in [4.69, 9.17) is 0 Å². The number of rotatable bonds is 8. The summed E-state index contributed by atoms with van der Waals surface area (Å²) in [5.41, 5.74) is 3.62. The van der Waals surface area contributed by atoms with Crippen LogP contribution in [0.5, 0.6) is 0 Å². The Hall–Kier alpha value is -2.99. The molecule has 31 heavy (non-hydrogen) atoms. The van der Waals surface area contributed by atoms with Gasteiger partial charge in [-0.15, -0.1) is 5.10 Å². The van der Waals surface area contributed by atoms with Crippen LogP contribution in [0.4, 0.5) is 5.69 Å². The van der Waals surface area contributed by atoms with Crippen molar-refractivity contribution in [2.45, 2.75) is 45.2 Å². The predicted octanol–water partition coefficient (Wildman–Crippen LogP) is 3.78. The number of para-hydroxylation sites is 1. The Bertz CT molecular complexity index is 932. The standard InChI is InChI=1S/C25H31N5O/c1-2-25(31)30(23-6-4-3-5-7-23)24-13-17-28(18-14-24)16-12-21-8-10-22(11-9-21)20-29-19-15-26-27-29/h3-11,15,19,24H,2,12-14,16-18,20H2,1H3. The molecule has 3 aromatic rings. The lowest BCUT2D eigenvalue weighted by molar-refractivity contribution is -0.119. The third-order valence-corrected chi connectivity index (χ3v) is 6.08. The van der Waals surface area contributed by atoms with Gasteiger partial charge in [-0.1, -0.05) is 54.6 Å². The molecule has 162 valence electrons. The van der Waals surface area contributed by atoms with E-state index < -0.39 is 0 Å². The number of anilines is 1. The molecule has 0 N–H and O–H groups in total. The van der Waals surface area contributed by atoms with Crippen LogP contribution in [0.25, 0.3) is 0 Å². The number of likely N-dealkylation sites (tertiary alicyclic amines) is 1. The van der Waals surface area contributed by atoms with Crippen LogP contribution in [-0.2, 0) is 17.8 Å². The van der Waals surface area contributed by atoms with Gasteiger partial charge in [-0.3, -0.25) is 4.79 Å². The van der Waals surface area contributed by atoms with E-state index in [0.29, 0.717) is 12.5 Å². The first-order chi connectivity index (χ1) is 15.2. The minimum absolute atomic E-state index is 0.218. The second-order valence-electron chi connectivity index (χ2n) is 8.19. The minimum Gasteiger partial charge on any atom is -0.309 e. The Morgan fingerprint density at radius 1 is 1.03 bits per heavy atom. The van der Waals surface area contributed by atoms with Crippen molar-refractivity contribution in [2.75, 3.05) is 24.5 Å². The lowest BCUT2D eigenvalue weighted by Gasteiger charge is -2.38. The molecule has 1 fully saturated rings. The zero-order valence-corrected chi connectivity index (χ0v) is 18.2. The number of aromatic nitrogens is 3. The molecule has 1 saturated heterocycles. The summed E-state index contributed by atoms with van der Waals surface area (Å²) in [7, 11) is 0. The quantitative estimate of drug-likeness (QED) is 0.560. The first-order valence-corrected chi connectivity index (χ1v) is 11.2. The second kappa shape index (κ2) is 10.4. The van der Waals surface area contributed by atoms with Crippen LogP contribution in [0, 0.1) is 0 Å². The van der Waals surface area contributed by atoms with Crippen LogP contribution >= 0.6 is 0 Å². The summed E-state index contributed by atoms with van der Waals surface area (Å²) in [5.74, 6) is 0.218. The van der Waals surface area contributed by atoms with Crippen molar-refractivity contribution < 1.29 is 4.79 Å². The van der Waals surface area contributed by atoms with E-state index in [0.717, 1.165) is 51.1 Å². The maximum atomic E-state index is 12.6. The number of nitrogens with zero attached hydrogens (tertiary/aromatic N) is 5. The van der Waals surface area contributed by atoms with Crippen molar-refractivity contribution in [1.29, 1.82) is 0 Å². The van der Waals surface area contributed by atoms with Gasteiger partial charge in [0, 0.05) is 44.0 Å².